The van der Waals surface area contributed by atoms with Gasteiger partial charge in [-0.15, -0.1) is 0 Å². The number of fused-ring (bicyclic) bond motifs is 1. The molecule has 12 heteroatoms. The van der Waals surface area contributed by atoms with E-state index in [1.807, 2.05) is 90.8 Å². The molecule has 0 saturated carbocycles. The molecule has 0 spiro atoms. The van der Waals surface area contributed by atoms with Gasteiger partial charge in [-0.05, 0) is 23.3 Å². The molecule has 47 heavy (non-hydrogen) atoms. The number of carbonyl (C=O) groups is 4. The highest BCUT2D eigenvalue weighted by molar-refractivity contribution is 8.04. The lowest BCUT2D eigenvalue weighted by molar-refractivity contribution is -0.186. The van der Waals surface area contributed by atoms with Crippen LogP contribution in [0.2, 0.25) is 0 Å². The molecular weight excluding hydrogens is 622 g/mol. The van der Waals surface area contributed by atoms with Gasteiger partial charge in [0.25, 0.3) is 0 Å². The fraction of sp³-hybridized carbons (Fsp3) is 0.314. The van der Waals surface area contributed by atoms with Gasteiger partial charge in [0, 0.05) is 34.4 Å². The summed E-state index contributed by atoms with van der Waals surface area (Å²) in [5.74, 6) is -3.54. The normalized spacial score (nSPS) is 21.5. The van der Waals surface area contributed by atoms with Crippen LogP contribution >= 0.6 is 11.8 Å². The third kappa shape index (κ3) is 7.38. The summed E-state index contributed by atoms with van der Waals surface area (Å²) in [7, 11) is 1.90. The van der Waals surface area contributed by atoms with E-state index < -0.39 is 59.5 Å². The predicted molar refractivity (Wildman–Crippen MR) is 173 cm³/mol. The number of benzene rings is 3. The second kappa shape index (κ2) is 14.6. The fourth-order valence-electron chi connectivity index (χ4n) is 5.80. The predicted octanol–water partition coefficient (Wildman–Crippen LogP) is 5.68. The van der Waals surface area contributed by atoms with Crippen LogP contribution < -0.4 is 0 Å². The van der Waals surface area contributed by atoms with Gasteiger partial charge in [0.05, 0.1) is 16.6 Å². The number of azo groups is 1. The zero-order chi connectivity index (χ0) is 33.6. The van der Waals surface area contributed by atoms with Crippen LogP contribution in [-0.4, -0.2) is 60.7 Å². The number of hydrogen-bond acceptors (Lipinski definition) is 12. The van der Waals surface area contributed by atoms with E-state index in [4.69, 9.17) is 24.1 Å². The molecule has 0 aromatic heterocycles. The first-order chi connectivity index (χ1) is 22.6. The zero-order valence-corrected chi connectivity index (χ0v) is 27.2. The molecule has 2 aliphatic rings. The van der Waals surface area contributed by atoms with E-state index in [1.165, 1.54) is 32.5 Å². The van der Waals surface area contributed by atoms with Crippen LogP contribution in [0.5, 0.6) is 0 Å². The summed E-state index contributed by atoms with van der Waals surface area (Å²) in [4.78, 5) is 53.0. The molecule has 1 saturated heterocycles. The SMILES string of the molecule is CC(=O)OC[C@@H](OC(C)=O)[C@@H](OC(C)=O)[C@@H]1OC(=O)[C@]2(c3ccccc3)SC(N(C)Cc3ccccc3)=C(N=Nc3ccccc3)C12. The van der Waals surface area contributed by atoms with Crippen molar-refractivity contribution in [3.05, 3.63) is 113 Å². The lowest BCUT2D eigenvalue weighted by Crippen LogP contribution is -2.49. The Hall–Kier alpha value is -4.97. The molecule has 5 rings (SSSR count). The topological polar surface area (TPSA) is 133 Å². The molecule has 2 heterocycles. The minimum Gasteiger partial charge on any atom is -0.462 e. The van der Waals surface area contributed by atoms with E-state index in [2.05, 4.69) is 5.11 Å². The van der Waals surface area contributed by atoms with Crippen molar-refractivity contribution < 1.29 is 38.1 Å². The molecule has 0 bridgehead atoms. The maximum absolute atomic E-state index is 14.3. The largest absolute Gasteiger partial charge is 0.462 e. The number of rotatable bonds is 12. The van der Waals surface area contributed by atoms with Crippen molar-refractivity contribution in [3.63, 3.8) is 0 Å². The molecule has 0 radical (unpaired) electrons. The van der Waals surface area contributed by atoms with E-state index >= 15 is 0 Å². The van der Waals surface area contributed by atoms with Crippen LogP contribution in [-0.2, 0) is 49.4 Å². The maximum Gasteiger partial charge on any atom is 0.328 e. The van der Waals surface area contributed by atoms with Crippen molar-refractivity contribution in [1.82, 2.24) is 4.90 Å². The summed E-state index contributed by atoms with van der Waals surface area (Å²) in [5, 5.41) is 9.97. The third-order valence-electron chi connectivity index (χ3n) is 7.69. The van der Waals surface area contributed by atoms with E-state index in [0.29, 0.717) is 28.5 Å². The van der Waals surface area contributed by atoms with Crippen molar-refractivity contribution in [3.8, 4) is 0 Å². The Labute approximate surface area is 276 Å². The van der Waals surface area contributed by atoms with Crippen molar-refractivity contribution in [1.29, 1.82) is 0 Å². The second-order valence-electron chi connectivity index (χ2n) is 11.1. The summed E-state index contributed by atoms with van der Waals surface area (Å²) in [6.07, 6.45) is -3.88. The van der Waals surface area contributed by atoms with E-state index in [9.17, 15) is 19.2 Å². The number of nitrogens with zero attached hydrogens (tertiary/aromatic N) is 3. The summed E-state index contributed by atoms with van der Waals surface area (Å²) < 4.78 is 21.3. The molecule has 11 nitrogen and oxygen atoms in total. The molecule has 5 atom stereocenters. The van der Waals surface area contributed by atoms with Gasteiger partial charge in [-0.2, -0.15) is 10.2 Å². The van der Waals surface area contributed by atoms with E-state index in [1.54, 1.807) is 12.1 Å². The Morgan fingerprint density at radius 2 is 1.45 bits per heavy atom. The Morgan fingerprint density at radius 1 is 0.851 bits per heavy atom. The summed E-state index contributed by atoms with van der Waals surface area (Å²) in [5.41, 5.74) is 2.67. The van der Waals surface area contributed by atoms with Gasteiger partial charge in [0.2, 0.25) is 0 Å². The molecule has 2 aliphatic heterocycles. The Balaban J connectivity index is 1.70. The molecule has 244 valence electrons. The quantitative estimate of drug-likeness (QED) is 0.136. The van der Waals surface area contributed by atoms with Gasteiger partial charge in [0.15, 0.2) is 23.1 Å². The van der Waals surface area contributed by atoms with Crippen molar-refractivity contribution in [2.45, 2.75) is 50.4 Å². The summed E-state index contributed by atoms with van der Waals surface area (Å²) in [6.45, 7) is 3.63. The van der Waals surface area contributed by atoms with Crippen molar-refractivity contribution in [2.24, 2.45) is 16.1 Å². The van der Waals surface area contributed by atoms with Crippen LogP contribution in [0.3, 0.4) is 0 Å². The molecule has 3 aromatic rings. The second-order valence-corrected chi connectivity index (χ2v) is 12.4. The van der Waals surface area contributed by atoms with Gasteiger partial charge < -0.3 is 23.8 Å². The van der Waals surface area contributed by atoms with Gasteiger partial charge in [-0.25, -0.2) is 0 Å². The Bertz CT molecular complexity index is 1670. The Kier molecular flexibility index (Phi) is 10.4. The molecule has 0 aliphatic carbocycles. The third-order valence-corrected chi connectivity index (χ3v) is 9.38. The number of hydrogen-bond donors (Lipinski definition) is 0. The number of ether oxygens (including phenoxy) is 4. The highest BCUT2D eigenvalue weighted by Gasteiger charge is 2.68. The molecule has 1 unspecified atom stereocenters. The van der Waals surface area contributed by atoms with E-state index in [0.717, 1.165) is 5.56 Å². The molecule has 0 N–H and O–H groups in total. The lowest BCUT2D eigenvalue weighted by atomic mass is 9.79. The average Bonchev–Trinajstić information content (AvgIpc) is 3.55. The average molecular weight is 658 g/mol. The minimum absolute atomic E-state index is 0.420. The highest BCUT2D eigenvalue weighted by atomic mass is 32.2. The van der Waals surface area contributed by atoms with Gasteiger partial charge in [-0.3, -0.25) is 19.2 Å². The van der Waals surface area contributed by atoms with Crippen molar-refractivity contribution >= 4 is 41.3 Å². The smallest absolute Gasteiger partial charge is 0.328 e. The van der Waals surface area contributed by atoms with Gasteiger partial charge in [0.1, 0.15) is 12.3 Å². The first-order valence-corrected chi connectivity index (χ1v) is 15.8. The van der Waals surface area contributed by atoms with Crippen LogP contribution in [0.15, 0.2) is 112 Å². The summed E-state index contributed by atoms with van der Waals surface area (Å²) in [6, 6.07) is 28.1. The van der Waals surface area contributed by atoms with Crippen LogP contribution in [0.1, 0.15) is 31.9 Å². The first-order valence-electron chi connectivity index (χ1n) is 15.0. The van der Waals surface area contributed by atoms with Crippen LogP contribution in [0.25, 0.3) is 0 Å². The number of esters is 4. The zero-order valence-electron chi connectivity index (χ0n) is 26.4. The summed E-state index contributed by atoms with van der Waals surface area (Å²) >= 11 is 1.29. The standard InChI is InChI=1S/C35H35N3O8S/c1-22(39)43-21-28(44-23(2)40)31(45-24(3)41)32-29-30(37-36-27-18-12-7-13-19-27)33(38(4)20-25-14-8-5-9-15-25)47-35(29,34(42)46-32)26-16-10-6-11-17-26/h5-19,28-29,31-32H,20-21H2,1-4H3/t28-,29?,31-,32-,35-/m1/s1. The monoisotopic (exact) mass is 657 g/mol. The van der Waals surface area contributed by atoms with E-state index in [-0.39, 0.29) is 0 Å². The molecule has 0 amide bonds. The number of carbonyl (C=O) groups excluding carboxylic acids is 4. The molecule has 1 fully saturated rings. The van der Waals surface area contributed by atoms with Crippen molar-refractivity contribution in [2.75, 3.05) is 13.7 Å². The van der Waals surface area contributed by atoms with Crippen LogP contribution in [0.4, 0.5) is 5.69 Å². The maximum atomic E-state index is 14.3. The fourth-order valence-corrected chi connectivity index (χ4v) is 7.35. The lowest BCUT2D eigenvalue weighted by Gasteiger charge is -2.32. The first kappa shape index (κ1) is 33.4. The molecular formula is C35H35N3O8S. The highest BCUT2D eigenvalue weighted by Crippen LogP contribution is 2.63. The molecule has 3 aromatic carbocycles. The minimum atomic E-state index is -1.38. The number of thioether (sulfide) groups is 1. The van der Waals surface area contributed by atoms with Crippen LogP contribution in [0, 0.1) is 5.92 Å². The Morgan fingerprint density at radius 3 is 2.04 bits per heavy atom. The number of cyclic esters (lactones) is 1. The van der Waals surface area contributed by atoms with Gasteiger partial charge in [-0.1, -0.05) is 90.6 Å². The van der Waals surface area contributed by atoms with Gasteiger partial charge >= 0.3 is 23.9 Å².